The normalized spacial score (nSPS) is 16.5. The summed E-state index contributed by atoms with van der Waals surface area (Å²) in [7, 11) is 1.45. The number of alkyl carbamates (subject to hydrolysis) is 1. The molecule has 7 heteroatoms. The fourth-order valence-electron chi connectivity index (χ4n) is 5.02. The number of benzene rings is 2. The van der Waals surface area contributed by atoms with Gasteiger partial charge >= 0.3 is 12.1 Å². The monoisotopic (exact) mass is 436 g/mol. The molecule has 2 amide bonds. The van der Waals surface area contributed by atoms with Gasteiger partial charge < -0.3 is 20.1 Å². The molecule has 0 spiro atoms. The first-order valence-electron chi connectivity index (χ1n) is 11.0. The van der Waals surface area contributed by atoms with Crippen LogP contribution in [0.2, 0.25) is 0 Å². The molecule has 0 unspecified atom stereocenters. The molecule has 0 radical (unpaired) electrons. The summed E-state index contributed by atoms with van der Waals surface area (Å²) in [6.07, 6.45) is 2.85. The van der Waals surface area contributed by atoms with E-state index in [1.165, 1.54) is 7.05 Å². The van der Waals surface area contributed by atoms with Crippen LogP contribution in [-0.2, 0) is 14.3 Å². The maximum atomic E-state index is 13.1. The number of hydrogen-bond acceptors (Lipinski definition) is 4. The zero-order chi connectivity index (χ0) is 22.7. The van der Waals surface area contributed by atoms with Crippen molar-refractivity contribution in [3.05, 3.63) is 59.7 Å². The standard InChI is InChI=1S/C25H28N2O5/c1-27(15-22(28)29)23(30)25(13-7-2-8-14-25)26-24(31)32-16-21-19-11-5-3-9-17(19)18-10-4-6-12-20(18)21/h3-6,9-12,21H,2,7-8,13-16H2,1H3,(H,26,31)(H,28,29). The molecule has 0 aromatic heterocycles. The quantitative estimate of drug-likeness (QED) is 0.719. The SMILES string of the molecule is CN(CC(=O)O)C(=O)C1(NC(=O)OCC2c3ccccc3-c3ccccc32)CCCCC1. The van der Waals surface area contributed by atoms with Gasteiger partial charge in [-0.25, -0.2) is 4.79 Å². The number of amides is 2. The van der Waals surface area contributed by atoms with Gasteiger partial charge in [0, 0.05) is 13.0 Å². The first-order valence-corrected chi connectivity index (χ1v) is 11.0. The minimum Gasteiger partial charge on any atom is -0.480 e. The van der Waals surface area contributed by atoms with E-state index in [2.05, 4.69) is 17.4 Å². The summed E-state index contributed by atoms with van der Waals surface area (Å²) in [4.78, 5) is 38.1. The van der Waals surface area contributed by atoms with Gasteiger partial charge in [-0.15, -0.1) is 0 Å². The lowest BCUT2D eigenvalue weighted by atomic mass is 9.80. The number of fused-ring (bicyclic) bond motifs is 3. The Morgan fingerprint density at radius 3 is 2.12 bits per heavy atom. The van der Waals surface area contributed by atoms with Gasteiger partial charge in [0.1, 0.15) is 18.7 Å². The Labute approximate surface area is 187 Å². The first kappa shape index (κ1) is 21.9. The number of aliphatic carboxylic acids is 1. The van der Waals surface area contributed by atoms with Crippen molar-refractivity contribution >= 4 is 18.0 Å². The Bertz CT molecular complexity index is 983. The Morgan fingerprint density at radius 1 is 1.00 bits per heavy atom. The van der Waals surface area contributed by atoms with Crippen LogP contribution in [0.25, 0.3) is 11.1 Å². The number of carbonyl (C=O) groups is 3. The summed E-state index contributed by atoms with van der Waals surface area (Å²) in [5.41, 5.74) is 3.40. The molecule has 1 saturated carbocycles. The molecule has 0 heterocycles. The van der Waals surface area contributed by atoms with Gasteiger partial charge in [0.05, 0.1) is 0 Å². The summed E-state index contributed by atoms with van der Waals surface area (Å²) < 4.78 is 5.64. The van der Waals surface area contributed by atoms with Gasteiger partial charge in [0.25, 0.3) is 0 Å². The molecule has 7 nitrogen and oxygen atoms in total. The van der Waals surface area contributed by atoms with Gasteiger partial charge in [0.2, 0.25) is 5.91 Å². The molecule has 2 aromatic carbocycles. The van der Waals surface area contributed by atoms with E-state index in [0.29, 0.717) is 12.8 Å². The highest BCUT2D eigenvalue weighted by molar-refractivity contribution is 5.91. The molecule has 0 bridgehead atoms. The maximum Gasteiger partial charge on any atom is 0.408 e. The molecule has 0 aliphatic heterocycles. The van der Waals surface area contributed by atoms with E-state index in [1.54, 1.807) is 0 Å². The van der Waals surface area contributed by atoms with Crippen LogP contribution in [0, 0.1) is 0 Å². The van der Waals surface area contributed by atoms with Crippen molar-refractivity contribution in [2.75, 3.05) is 20.2 Å². The second kappa shape index (κ2) is 9.02. The van der Waals surface area contributed by atoms with Gasteiger partial charge in [0.15, 0.2) is 0 Å². The van der Waals surface area contributed by atoms with Gasteiger partial charge in [-0.05, 0) is 35.1 Å². The third kappa shape index (κ3) is 4.20. The zero-order valence-electron chi connectivity index (χ0n) is 18.2. The fourth-order valence-corrected chi connectivity index (χ4v) is 5.02. The molecule has 0 atom stereocenters. The highest BCUT2D eigenvalue weighted by Crippen LogP contribution is 2.44. The molecule has 2 aliphatic carbocycles. The van der Waals surface area contributed by atoms with E-state index < -0.39 is 24.1 Å². The average Bonchev–Trinajstić information content (AvgIpc) is 3.11. The van der Waals surface area contributed by atoms with Crippen molar-refractivity contribution in [1.82, 2.24) is 10.2 Å². The predicted molar refractivity (Wildman–Crippen MR) is 119 cm³/mol. The first-order chi connectivity index (χ1) is 15.4. The molecule has 2 aliphatic rings. The molecule has 0 saturated heterocycles. The van der Waals surface area contributed by atoms with Crippen molar-refractivity contribution in [2.45, 2.75) is 43.6 Å². The summed E-state index contributed by atoms with van der Waals surface area (Å²) in [6, 6.07) is 16.2. The van der Waals surface area contributed by atoms with Crippen LogP contribution in [0.15, 0.2) is 48.5 Å². The molecule has 4 rings (SSSR count). The number of nitrogens with zero attached hydrogens (tertiary/aromatic N) is 1. The van der Waals surface area contributed by atoms with Crippen LogP contribution in [0.4, 0.5) is 4.79 Å². The Morgan fingerprint density at radius 2 is 1.56 bits per heavy atom. The predicted octanol–water partition coefficient (Wildman–Crippen LogP) is 3.77. The number of carboxylic acids is 1. The van der Waals surface area contributed by atoms with Gasteiger partial charge in [-0.2, -0.15) is 0 Å². The fraction of sp³-hybridized carbons (Fsp3) is 0.400. The molecule has 168 valence electrons. The van der Waals surface area contributed by atoms with E-state index in [1.807, 2.05) is 36.4 Å². The van der Waals surface area contributed by atoms with E-state index >= 15 is 0 Å². The molecule has 32 heavy (non-hydrogen) atoms. The minimum atomic E-state index is -1.12. The second-order valence-electron chi connectivity index (χ2n) is 8.65. The van der Waals surface area contributed by atoms with Crippen molar-refractivity contribution in [1.29, 1.82) is 0 Å². The van der Waals surface area contributed by atoms with E-state index in [4.69, 9.17) is 9.84 Å². The Kier molecular flexibility index (Phi) is 6.17. The van der Waals surface area contributed by atoms with Gasteiger partial charge in [-0.1, -0.05) is 67.8 Å². The lowest BCUT2D eigenvalue weighted by Gasteiger charge is -2.38. The van der Waals surface area contributed by atoms with Crippen LogP contribution in [0.3, 0.4) is 0 Å². The lowest BCUT2D eigenvalue weighted by molar-refractivity contribution is -0.147. The van der Waals surface area contributed by atoms with Crippen LogP contribution < -0.4 is 5.32 Å². The van der Waals surface area contributed by atoms with E-state index in [0.717, 1.165) is 46.4 Å². The molecule has 1 fully saturated rings. The average molecular weight is 437 g/mol. The summed E-state index contributed by atoms with van der Waals surface area (Å²) in [5, 5.41) is 11.9. The Balaban J connectivity index is 1.48. The number of hydrogen-bond donors (Lipinski definition) is 2. The number of nitrogens with one attached hydrogen (secondary N) is 1. The van der Waals surface area contributed by atoms with E-state index in [-0.39, 0.29) is 18.4 Å². The van der Waals surface area contributed by atoms with Crippen molar-refractivity contribution in [3.8, 4) is 11.1 Å². The zero-order valence-corrected chi connectivity index (χ0v) is 18.2. The summed E-state index contributed by atoms with van der Waals surface area (Å²) >= 11 is 0. The summed E-state index contributed by atoms with van der Waals surface area (Å²) in [5.74, 6) is -1.54. The minimum absolute atomic E-state index is 0.0687. The topological polar surface area (TPSA) is 95.9 Å². The molecular weight excluding hydrogens is 408 g/mol. The van der Waals surface area contributed by atoms with Crippen molar-refractivity contribution in [3.63, 3.8) is 0 Å². The number of rotatable bonds is 6. The van der Waals surface area contributed by atoms with Gasteiger partial charge in [-0.3, -0.25) is 9.59 Å². The smallest absolute Gasteiger partial charge is 0.408 e. The number of carbonyl (C=O) groups excluding carboxylic acids is 2. The lowest BCUT2D eigenvalue weighted by Crippen LogP contribution is -2.60. The second-order valence-corrected chi connectivity index (χ2v) is 8.65. The van der Waals surface area contributed by atoms with Crippen LogP contribution >= 0.6 is 0 Å². The van der Waals surface area contributed by atoms with Crippen molar-refractivity contribution in [2.24, 2.45) is 0 Å². The Hall–Kier alpha value is -3.35. The van der Waals surface area contributed by atoms with Crippen molar-refractivity contribution < 1.29 is 24.2 Å². The molecular formula is C25H28N2O5. The van der Waals surface area contributed by atoms with Crippen LogP contribution in [-0.4, -0.2) is 53.7 Å². The highest BCUT2D eigenvalue weighted by atomic mass is 16.5. The van der Waals surface area contributed by atoms with Crippen LogP contribution in [0.1, 0.15) is 49.1 Å². The third-order valence-electron chi connectivity index (χ3n) is 6.52. The highest BCUT2D eigenvalue weighted by Gasteiger charge is 2.43. The maximum absolute atomic E-state index is 13.1. The number of ether oxygens (including phenoxy) is 1. The van der Waals surface area contributed by atoms with E-state index in [9.17, 15) is 14.4 Å². The summed E-state index contributed by atoms with van der Waals surface area (Å²) in [6.45, 7) is -0.248. The number of likely N-dealkylation sites (N-methyl/N-ethyl adjacent to an activating group) is 1. The third-order valence-corrected chi connectivity index (χ3v) is 6.52. The molecule has 2 aromatic rings. The molecule has 2 N–H and O–H groups in total. The van der Waals surface area contributed by atoms with Crippen LogP contribution in [0.5, 0.6) is 0 Å². The number of carboxylic acid groups (broad SMARTS) is 1. The largest absolute Gasteiger partial charge is 0.480 e.